The van der Waals surface area contributed by atoms with Gasteiger partial charge < -0.3 is 16.2 Å². The summed E-state index contributed by atoms with van der Waals surface area (Å²) in [6.45, 7) is 3.73. The van der Waals surface area contributed by atoms with Crippen LogP contribution in [0.3, 0.4) is 0 Å². The Kier molecular flexibility index (Phi) is 7.63. The predicted octanol–water partition coefficient (Wildman–Crippen LogP) is 1.59. The van der Waals surface area contributed by atoms with Gasteiger partial charge in [-0.05, 0) is 19.4 Å². The molecule has 0 saturated carbocycles. The van der Waals surface area contributed by atoms with Gasteiger partial charge in [-0.1, -0.05) is 30.3 Å². The minimum atomic E-state index is -0.955. The largest absolute Gasteiger partial charge is 0.404 e. The molecule has 1 amide bonds. The number of aliphatic hydroxyl groups excluding tert-OH is 1. The summed E-state index contributed by atoms with van der Waals surface area (Å²) in [4.78, 5) is 15.8. The molecule has 1 aromatic carbocycles. The van der Waals surface area contributed by atoms with Gasteiger partial charge in [-0.3, -0.25) is 9.79 Å². The Balaban J connectivity index is 2.61. The minimum Gasteiger partial charge on any atom is -0.404 e. The molecule has 0 heterocycles. The third kappa shape index (κ3) is 5.87. The van der Waals surface area contributed by atoms with Crippen LogP contribution in [-0.4, -0.2) is 34.8 Å². The van der Waals surface area contributed by atoms with E-state index in [-0.39, 0.29) is 5.91 Å². The first-order chi connectivity index (χ1) is 10.5. The van der Waals surface area contributed by atoms with Crippen molar-refractivity contribution < 1.29 is 9.90 Å². The number of carbonyl (C=O) groups is 1. The third-order valence-corrected chi connectivity index (χ3v) is 3.29. The summed E-state index contributed by atoms with van der Waals surface area (Å²) in [6, 6.07) is 9.21. The molecule has 1 rings (SSSR count). The molecule has 0 saturated heterocycles. The van der Waals surface area contributed by atoms with Gasteiger partial charge in [0.1, 0.15) is 11.5 Å². The summed E-state index contributed by atoms with van der Waals surface area (Å²) in [5.41, 5.74) is 7.02. The highest BCUT2D eigenvalue weighted by Gasteiger charge is 2.21. The maximum atomic E-state index is 11.5. The maximum Gasteiger partial charge on any atom is 0.238 e. The zero-order valence-electron chi connectivity index (χ0n) is 12.7. The average molecular weight is 324 g/mol. The lowest BCUT2D eigenvalue weighted by molar-refractivity contribution is -0.121. The zero-order chi connectivity index (χ0) is 16.5. The summed E-state index contributed by atoms with van der Waals surface area (Å²) in [5, 5.41) is 12.2. The monoisotopic (exact) mass is 323 g/mol. The van der Waals surface area contributed by atoms with Crippen LogP contribution in [0.15, 0.2) is 47.1 Å². The minimum absolute atomic E-state index is 0.342. The topological polar surface area (TPSA) is 87.7 Å². The van der Waals surface area contributed by atoms with Crippen LogP contribution in [0.1, 0.15) is 19.4 Å². The van der Waals surface area contributed by atoms with Crippen molar-refractivity contribution >= 4 is 23.7 Å². The highest BCUT2D eigenvalue weighted by atomic mass is 35.5. The molecule has 22 heavy (non-hydrogen) atoms. The first-order valence-corrected chi connectivity index (χ1v) is 7.47. The number of halogens is 1. The van der Waals surface area contributed by atoms with Crippen LogP contribution < -0.4 is 11.1 Å². The molecule has 0 radical (unpaired) electrons. The van der Waals surface area contributed by atoms with E-state index in [1.807, 2.05) is 30.3 Å². The van der Waals surface area contributed by atoms with Crippen molar-refractivity contribution in [1.82, 2.24) is 5.32 Å². The van der Waals surface area contributed by atoms with Crippen LogP contribution in [0.4, 0.5) is 0 Å². The number of nitrogens with two attached hydrogens (primary N) is 1. The zero-order valence-corrected chi connectivity index (χ0v) is 13.5. The molecule has 0 aromatic heterocycles. The Hall–Kier alpha value is -1.85. The molecule has 4 N–H and O–H groups in total. The van der Waals surface area contributed by atoms with Gasteiger partial charge in [0.05, 0.1) is 12.6 Å². The van der Waals surface area contributed by atoms with Crippen molar-refractivity contribution in [3.05, 3.63) is 47.7 Å². The number of hydrogen-bond acceptors (Lipinski definition) is 4. The average Bonchev–Trinajstić information content (AvgIpc) is 2.51. The lowest BCUT2D eigenvalue weighted by atomic mass is 10.1. The molecule has 0 aliphatic heterocycles. The van der Waals surface area contributed by atoms with Gasteiger partial charge in [0.25, 0.3) is 0 Å². The van der Waals surface area contributed by atoms with Gasteiger partial charge in [-0.15, -0.1) is 11.6 Å². The van der Waals surface area contributed by atoms with Crippen LogP contribution in [-0.2, 0) is 11.3 Å². The molecule has 3 atom stereocenters. The third-order valence-electron chi connectivity index (χ3n) is 3.10. The number of nitrogens with zero attached hydrogens (tertiary/aromatic N) is 1. The van der Waals surface area contributed by atoms with Crippen LogP contribution in [0, 0.1) is 0 Å². The Labute approximate surface area is 135 Å². The number of amides is 1. The van der Waals surface area contributed by atoms with Gasteiger partial charge in [0.15, 0.2) is 0 Å². The lowest BCUT2D eigenvalue weighted by Crippen LogP contribution is -2.44. The fourth-order valence-electron chi connectivity index (χ4n) is 1.76. The Bertz CT molecular complexity index is 529. The van der Waals surface area contributed by atoms with Crippen LogP contribution in [0.25, 0.3) is 0 Å². The van der Waals surface area contributed by atoms with Gasteiger partial charge in [0, 0.05) is 18.0 Å². The van der Waals surface area contributed by atoms with Gasteiger partial charge in [-0.25, -0.2) is 0 Å². The molecule has 0 bridgehead atoms. The molecule has 0 fully saturated rings. The number of aliphatic hydroxyl groups is 1. The lowest BCUT2D eigenvalue weighted by Gasteiger charge is -2.21. The molecule has 120 valence electrons. The van der Waals surface area contributed by atoms with Crippen LogP contribution >= 0.6 is 11.6 Å². The Morgan fingerprint density at radius 2 is 2.05 bits per heavy atom. The number of nitrogens with one attached hydrogen (secondary N) is 1. The summed E-state index contributed by atoms with van der Waals surface area (Å²) >= 11 is 5.68. The number of rotatable bonds is 7. The van der Waals surface area contributed by atoms with Crippen molar-refractivity contribution in [2.45, 2.75) is 37.9 Å². The predicted molar refractivity (Wildman–Crippen MR) is 89.8 cm³/mol. The molecule has 0 aliphatic rings. The normalized spacial score (nSPS) is 16.3. The first kappa shape index (κ1) is 18.2. The van der Waals surface area contributed by atoms with Crippen LogP contribution in [0.2, 0.25) is 0 Å². The smallest absolute Gasteiger partial charge is 0.238 e. The van der Waals surface area contributed by atoms with E-state index in [0.29, 0.717) is 12.1 Å². The molecule has 0 spiro atoms. The summed E-state index contributed by atoms with van der Waals surface area (Å²) < 4.78 is 0. The second-order valence-electron chi connectivity index (χ2n) is 4.98. The molecule has 0 aliphatic carbocycles. The summed E-state index contributed by atoms with van der Waals surface area (Å²) in [5.74, 6) is -0.342. The molecule has 6 heteroatoms. The number of benzene rings is 1. The number of carbonyl (C=O) groups excluding carboxylic acids is 1. The number of alkyl halides is 1. The molecule has 5 nitrogen and oxygen atoms in total. The van der Waals surface area contributed by atoms with Crippen molar-refractivity contribution in [3.8, 4) is 0 Å². The second kappa shape index (κ2) is 9.23. The SMILES string of the molecule is CC(Cl)C(=O)NC(C)C(O)/C(C=NCc1ccccc1)=C/N. The van der Waals surface area contributed by atoms with Crippen molar-refractivity contribution in [2.24, 2.45) is 10.7 Å². The van der Waals surface area contributed by atoms with Gasteiger partial charge in [-0.2, -0.15) is 0 Å². The van der Waals surface area contributed by atoms with E-state index in [4.69, 9.17) is 17.3 Å². The van der Waals surface area contributed by atoms with E-state index in [9.17, 15) is 9.90 Å². The maximum absolute atomic E-state index is 11.5. The van der Waals surface area contributed by atoms with E-state index in [0.717, 1.165) is 5.56 Å². The molecule has 3 unspecified atom stereocenters. The highest BCUT2D eigenvalue weighted by molar-refractivity contribution is 6.30. The summed E-state index contributed by atoms with van der Waals surface area (Å²) in [6.07, 6.45) is 1.85. The van der Waals surface area contributed by atoms with Crippen molar-refractivity contribution in [2.75, 3.05) is 0 Å². The molecule has 1 aromatic rings. The Morgan fingerprint density at radius 3 is 2.59 bits per heavy atom. The van der Waals surface area contributed by atoms with Crippen LogP contribution in [0.5, 0.6) is 0 Å². The highest BCUT2D eigenvalue weighted by Crippen LogP contribution is 2.07. The fraction of sp³-hybridized carbons (Fsp3) is 0.375. The second-order valence-corrected chi connectivity index (χ2v) is 5.63. The van der Waals surface area contributed by atoms with Gasteiger partial charge >= 0.3 is 0 Å². The van der Waals surface area contributed by atoms with Crippen molar-refractivity contribution in [3.63, 3.8) is 0 Å². The van der Waals surface area contributed by atoms with E-state index in [2.05, 4.69) is 10.3 Å². The molecular weight excluding hydrogens is 302 g/mol. The number of hydrogen-bond donors (Lipinski definition) is 3. The quantitative estimate of drug-likeness (QED) is 0.526. The first-order valence-electron chi connectivity index (χ1n) is 7.03. The fourth-order valence-corrected chi connectivity index (χ4v) is 1.83. The van der Waals surface area contributed by atoms with E-state index >= 15 is 0 Å². The standard InChI is InChI=1S/C16H22ClN3O2/c1-11(17)16(22)20-12(2)15(21)14(8-18)10-19-9-13-6-4-3-5-7-13/h3-8,10-12,15,21H,9,18H2,1-2H3,(H,20,22)/b14-8+,19-10?. The number of aliphatic imine (C=N–C) groups is 1. The van der Waals surface area contributed by atoms with Crippen molar-refractivity contribution in [1.29, 1.82) is 0 Å². The molecular formula is C16H22ClN3O2. The van der Waals surface area contributed by atoms with E-state index in [1.54, 1.807) is 13.8 Å². The Morgan fingerprint density at radius 1 is 1.41 bits per heavy atom. The van der Waals surface area contributed by atoms with Gasteiger partial charge in [0.2, 0.25) is 5.91 Å². The van der Waals surface area contributed by atoms with E-state index < -0.39 is 17.5 Å². The summed E-state index contributed by atoms with van der Waals surface area (Å²) in [7, 11) is 0. The van der Waals surface area contributed by atoms with E-state index in [1.165, 1.54) is 12.4 Å².